The Labute approximate surface area is 99.3 Å². The van der Waals surface area contributed by atoms with Gasteiger partial charge in [-0.2, -0.15) is 11.8 Å². The summed E-state index contributed by atoms with van der Waals surface area (Å²) in [6, 6.07) is 6.17. The molecule has 1 N–H and O–H groups in total. The molecule has 4 heteroatoms. The molecule has 1 aliphatic rings. The fraction of sp³-hybridized carbons (Fsp3) is 0.417. The van der Waals surface area contributed by atoms with Crippen LogP contribution in [0.1, 0.15) is 12.8 Å². The number of imidazole rings is 1. The van der Waals surface area contributed by atoms with Crippen LogP contribution in [-0.4, -0.2) is 26.9 Å². The summed E-state index contributed by atoms with van der Waals surface area (Å²) in [5, 5.41) is 3.53. The molecule has 0 atom stereocenters. The van der Waals surface area contributed by atoms with Gasteiger partial charge in [-0.15, -0.1) is 0 Å². The van der Waals surface area contributed by atoms with E-state index in [-0.39, 0.29) is 0 Å². The first-order chi connectivity index (χ1) is 7.83. The van der Waals surface area contributed by atoms with Crippen molar-refractivity contribution in [1.29, 1.82) is 0 Å². The largest absolute Gasteiger partial charge is 0.370 e. The maximum absolute atomic E-state index is 4.28. The average Bonchev–Trinajstić information content (AvgIpc) is 2.94. The molecule has 0 unspecified atom stereocenters. The van der Waals surface area contributed by atoms with E-state index in [1.165, 1.54) is 12.8 Å². The summed E-state index contributed by atoms with van der Waals surface area (Å²) in [5.41, 5.74) is 0.999. The van der Waals surface area contributed by atoms with E-state index in [1.807, 2.05) is 36.3 Å². The molecule has 2 aromatic rings. The predicted molar refractivity (Wildman–Crippen MR) is 69.2 cm³/mol. The lowest BCUT2D eigenvalue weighted by Gasteiger charge is -2.15. The van der Waals surface area contributed by atoms with Crippen molar-refractivity contribution in [1.82, 2.24) is 9.38 Å². The lowest BCUT2D eigenvalue weighted by atomic mass is 10.4. The first-order valence-electron chi connectivity index (χ1n) is 5.54. The van der Waals surface area contributed by atoms with Gasteiger partial charge in [0, 0.05) is 23.7 Å². The third-order valence-corrected chi connectivity index (χ3v) is 4.68. The zero-order valence-electron chi connectivity index (χ0n) is 9.31. The number of nitrogens with zero attached hydrogens (tertiary/aromatic N) is 2. The van der Waals surface area contributed by atoms with Crippen LogP contribution in [0.5, 0.6) is 0 Å². The maximum Gasteiger partial charge on any atom is 0.138 e. The van der Waals surface area contributed by atoms with E-state index in [9.17, 15) is 0 Å². The number of pyridine rings is 1. The lowest BCUT2D eigenvalue weighted by molar-refractivity contribution is 0.934. The highest BCUT2D eigenvalue weighted by Gasteiger charge is 2.41. The van der Waals surface area contributed by atoms with Crippen molar-refractivity contribution in [2.75, 3.05) is 18.1 Å². The van der Waals surface area contributed by atoms with E-state index in [2.05, 4.69) is 27.0 Å². The monoisotopic (exact) mass is 233 g/mol. The molecule has 3 rings (SSSR count). The van der Waals surface area contributed by atoms with E-state index < -0.39 is 0 Å². The predicted octanol–water partition coefficient (Wildman–Crippen LogP) is 2.64. The molecule has 1 aliphatic carbocycles. The summed E-state index contributed by atoms with van der Waals surface area (Å²) in [6.45, 7) is 1.05. The first-order valence-corrected chi connectivity index (χ1v) is 6.77. The molecule has 1 saturated carbocycles. The summed E-state index contributed by atoms with van der Waals surface area (Å²) < 4.78 is 2.58. The molecule has 2 aromatic heterocycles. The molecule has 84 valence electrons. The van der Waals surface area contributed by atoms with Gasteiger partial charge in [0.05, 0.1) is 0 Å². The second kappa shape index (κ2) is 3.70. The van der Waals surface area contributed by atoms with E-state index >= 15 is 0 Å². The summed E-state index contributed by atoms with van der Waals surface area (Å²) in [7, 11) is 0. The Hall–Kier alpha value is -1.16. The van der Waals surface area contributed by atoms with E-state index in [0.29, 0.717) is 4.75 Å². The summed E-state index contributed by atoms with van der Waals surface area (Å²) in [6.07, 6.45) is 8.70. The SMILES string of the molecule is CSC1(CNc2cccc3nccn23)CC1. The van der Waals surface area contributed by atoms with Crippen LogP contribution in [0.25, 0.3) is 5.65 Å². The minimum Gasteiger partial charge on any atom is -0.370 e. The van der Waals surface area contributed by atoms with Crippen LogP contribution in [0.15, 0.2) is 30.6 Å². The molecule has 0 aromatic carbocycles. The highest BCUT2D eigenvalue weighted by molar-refractivity contribution is 8.00. The Balaban J connectivity index is 1.81. The molecule has 3 nitrogen and oxygen atoms in total. The molecular weight excluding hydrogens is 218 g/mol. The zero-order valence-corrected chi connectivity index (χ0v) is 10.1. The van der Waals surface area contributed by atoms with Gasteiger partial charge >= 0.3 is 0 Å². The molecule has 0 bridgehead atoms. The van der Waals surface area contributed by atoms with Gasteiger partial charge in [-0.25, -0.2) is 4.98 Å². The van der Waals surface area contributed by atoms with Gasteiger partial charge in [-0.05, 0) is 31.2 Å². The number of aromatic nitrogens is 2. The topological polar surface area (TPSA) is 29.3 Å². The van der Waals surface area contributed by atoms with Crippen LogP contribution in [0.2, 0.25) is 0 Å². The molecule has 2 heterocycles. The number of rotatable bonds is 4. The Morgan fingerprint density at radius 1 is 1.50 bits per heavy atom. The van der Waals surface area contributed by atoms with E-state index in [0.717, 1.165) is 18.0 Å². The summed E-state index contributed by atoms with van der Waals surface area (Å²) >= 11 is 1.98. The normalized spacial score (nSPS) is 17.6. The average molecular weight is 233 g/mol. The molecule has 0 saturated heterocycles. The molecule has 1 fully saturated rings. The number of thioether (sulfide) groups is 1. The Morgan fingerprint density at radius 3 is 3.12 bits per heavy atom. The van der Waals surface area contributed by atoms with Gasteiger partial charge in [0.15, 0.2) is 0 Å². The molecule has 16 heavy (non-hydrogen) atoms. The molecule has 0 radical (unpaired) electrons. The fourth-order valence-corrected chi connectivity index (χ4v) is 2.66. The van der Waals surface area contributed by atoms with Crippen molar-refractivity contribution in [3.63, 3.8) is 0 Å². The van der Waals surface area contributed by atoms with Crippen LogP contribution >= 0.6 is 11.8 Å². The lowest BCUT2D eigenvalue weighted by Crippen LogP contribution is -2.18. The van der Waals surface area contributed by atoms with Crippen LogP contribution in [0, 0.1) is 0 Å². The third-order valence-electron chi connectivity index (χ3n) is 3.26. The van der Waals surface area contributed by atoms with Crippen molar-refractivity contribution in [3.05, 3.63) is 30.6 Å². The number of hydrogen-bond donors (Lipinski definition) is 1. The Kier molecular flexibility index (Phi) is 2.32. The van der Waals surface area contributed by atoms with Crippen molar-refractivity contribution >= 4 is 23.2 Å². The minimum atomic E-state index is 0.489. The van der Waals surface area contributed by atoms with Crippen molar-refractivity contribution in [3.8, 4) is 0 Å². The highest BCUT2D eigenvalue weighted by atomic mass is 32.2. The standard InChI is InChI=1S/C12H15N3S/c1-16-12(5-6-12)9-14-11-4-2-3-10-13-7-8-15(10)11/h2-4,7-8,14H,5-6,9H2,1H3. The molecule has 0 aliphatic heterocycles. The Morgan fingerprint density at radius 2 is 2.38 bits per heavy atom. The molecule has 0 spiro atoms. The smallest absolute Gasteiger partial charge is 0.138 e. The van der Waals surface area contributed by atoms with Crippen molar-refractivity contribution in [2.45, 2.75) is 17.6 Å². The quantitative estimate of drug-likeness (QED) is 0.880. The fourth-order valence-electron chi connectivity index (χ4n) is 1.94. The Bertz CT molecular complexity index is 502. The van der Waals surface area contributed by atoms with Gasteiger partial charge in [0.1, 0.15) is 11.5 Å². The number of fused-ring (bicyclic) bond motifs is 1. The molecule has 0 amide bonds. The van der Waals surface area contributed by atoms with Crippen LogP contribution in [-0.2, 0) is 0 Å². The van der Waals surface area contributed by atoms with Gasteiger partial charge in [-0.3, -0.25) is 4.40 Å². The number of anilines is 1. The minimum absolute atomic E-state index is 0.489. The first kappa shape index (κ1) is 10.0. The maximum atomic E-state index is 4.28. The van der Waals surface area contributed by atoms with Crippen LogP contribution in [0.4, 0.5) is 5.82 Å². The molecular formula is C12H15N3S. The highest BCUT2D eigenvalue weighted by Crippen LogP contribution is 2.46. The van der Waals surface area contributed by atoms with Gasteiger partial charge in [0.2, 0.25) is 0 Å². The third kappa shape index (κ3) is 1.67. The number of hydrogen-bond acceptors (Lipinski definition) is 3. The van der Waals surface area contributed by atoms with Crippen LogP contribution < -0.4 is 5.32 Å². The summed E-state index contributed by atoms with van der Waals surface area (Å²) in [5.74, 6) is 1.13. The second-order valence-electron chi connectivity index (χ2n) is 4.31. The number of nitrogens with one attached hydrogen (secondary N) is 1. The summed E-state index contributed by atoms with van der Waals surface area (Å²) in [4.78, 5) is 4.28. The van der Waals surface area contributed by atoms with Gasteiger partial charge < -0.3 is 5.32 Å². The zero-order chi connectivity index (χ0) is 11.0. The van der Waals surface area contributed by atoms with Crippen molar-refractivity contribution < 1.29 is 0 Å². The van der Waals surface area contributed by atoms with E-state index in [1.54, 1.807) is 0 Å². The van der Waals surface area contributed by atoms with E-state index in [4.69, 9.17) is 0 Å². The van der Waals surface area contributed by atoms with Crippen molar-refractivity contribution in [2.24, 2.45) is 0 Å². The van der Waals surface area contributed by atoms with Gasteiger partial charge in [0.25, 0.3) is 0 Å². The van der Waals surface area contributed by atoms with Crippen LogP contribution in [0.3, 0.4) is 0 Å². The second-order valence-corrected chi connectivity index (χ2v) is 5.58. The van der Waals surface area contributed by atoms with Gasteiger partial charge in [-0.1, -0.05) is 6.07 Å².